The zero-order valence-corrected chi connectivity index (χ0v) is 18.3. The normalized spacial score (nSPS) is 18.0. The quantitative estimate of drug-likeness (QED) is 0.713. The van der Waals surface area contributed by atoms with E-state index in [2.05, 4.69) is 9.97 Å². The van der Waals surface area contributed by atoms with Gasteiger partial charge in [0.25, 0.3) is 0 Å². The van der Waals surface area contributed by atoms with Gasteiger partial charge < -0.3 is 19.3 Å². The number of ketones is 1. The molecule has 0 saturated carbocycles. The minimum atomic E-state index is -0.496. The number of nitrogens with zero attached hydrogens (tertiary/aromatic N) is 4. The van der Waals surface area contributed by atoms with Crippen molar-refractivity contribution < 1.29 is 19.1 Å². The fraction of sp³-hybridized carbons (Fsp3) is 0.714. The summed E-state index contributed by atoms with van der Waals surface area (Å²) in [7, 11) is 0. The monoisotopic (exact) mass is 406 g/mol. The number of piperazine rings is 1. The Balaban J connectivity index is 0.00000145. The number of anilines is 1. The van der Waals surface area contributed by atoms with Crippen LogP contribution in [0.1, 0.15) is 57.8 Å². The molecule has 2 aliphatic heterocycles. The lowest BCUT2D eigenvalue weighted by Crippen LogP contribution is -2.50. The zero-order chi connectivity index (χ0) is 21.4. The molecule has 0 bridgehead atoms. The van der Waals surface area contributed by atoms with Gasteiger partial charge in [0.2, 0.25) is 5.95 Å². The summed E-state index contributed by atoms with van der Waals surface area (Å²) in [5.74, 6) is 0.688. The first kappa shape index (κ1) is 23.1. The van der Waals surface area contributed by atoms with E-state index >= 15 is 0 Å². The van der Waals surface area contributed by atoms with Crippen molar-refractivity contribution >= 4 is 17.8 Å². The molecule has 3 heterocycles. The van der Waals surface area contributed by atoms with E-state index in [0.717, 1.165) is 12.8 Å². The summed E-state index contributed by atoms with van der Waals surface area (Å²) < 4.78 is 10.7. The number of rotatable bonds is 3. The molecule has 0 aliphatic carbocycles. The maximum atomic E-state index is 12.5. The van der Waals surface area contributed by atoms with Crippen LogP contribution in [0.3, 0.4) is 0 Å². The minimum Gasteiger partial charge on any atom is -0.444 e. The summed E-state index contributed by atoms with van der Waals surface area (Å²) in [6.45, 7) is 13.2. The number of carbonyl (C=O) groups excluding carboxylic acids is 2. The molecule has 0 unspecified atom stereocenters. The van der Waals surface area contributed by atoms with Crippen molar-refractivity contribution in [3.63, 3.8) is 0 Å². The largest absolute Gasteiger partial charge is 0.444 e. The molecule has 0 atom stereocenters. The number of carbonyl (C=O) groups is 2. The topological polar surface area (TPSA) is 84.9 Å². The second-order valence-corrected chi connectivity index (χ2v) is 7.98. The lowest BCUT2D eigenvalue weighted by atomic mass is 9.92. The fourth-order valence-corrected chi connectivity index (χ4v) is 3.22. The fourth-order valence-electron chi connectivity index (χ4n) is 3.22. The second kappa shape index (κ2) is 10.5. The van der Waals surface area contributed by atoms with Crippen molar-refractivity contribution in [1.29, 1.82) is 0 Å². The third-order valence-corrected chi connectivity index (χ3v) is 4.73. The van der Waals surface area contributed by atoms with Gasteiger partial charge in [0, 0.05) is 57.7 Å². The summed E-state index contributed by atoms with van der Waals surface area (Å²) in [4.78, 5) is 37.1. The van der Waals surface area contributed by atoms with Gasteiger partial charge in [0.1, 0.15) is 5.60 Å². The van der Waals surface area contributed by atoms with E-state index in [1.165, 1.54) is 0 Å². The van der Waals surface area contributed by atoms with Crippen molar-refractivity contribution in [1.82, 2.24) is 14.9 Å². The summed E-state index contributed by atoms with van der Waals surface area (Å²) in [5, 5.41) is 0. The van der Waals surface area contributed by atoms with Crippen molar-refractivity contribution in [2.45, 2.75) is 53.1 Å². The van der Waals surface area contributed by atoms with E-state index in [9.17, 15) is 9.59 Å². The van der Waals surface area contributed by atoms with E-state index in [1.54, 1.807) is 17.3 Å². The van der Waals surface area contributed by atoms with Gasteiger partial charge in [-0.15, -0.1) is 0 Å². The van der Waals surface area contributed by atoms with Gasteiger partial charge in [-0.1, -0.05) is 13.8 Å². The Morgan fingerprint density at radius 3 is 2.10 bits per heavy atom. The minimum absolute atomic E-state index is 0.00516. The molecule has 2 fully saturated rings. The number of hydrogen-bond donors (Lipinski definition) is 0. The summed E-state index contributed by atoms with van der Waals surface area (Å²) in [6, 6.07) is 0. The number of amides is 1. The number of Topliss-reactive ketones (excluding diaryl/α,β-unsaturated/α-hetero) is 1. The van der Waals surface area contributed by atoms with Gasteiger partial charge in [0.05, 0.1) is 5.56 Å². The average molecular weight is 407 g/mol. The molecule has 0 spiro atoms. The summed E-state index contributed by atoms with van der Waals surface area (Å²) in [5.41, 5.74) is 0.0579. The molecule has 8 heteroatoms. The van der Waals surface area contributed by atoms with Crippen LogP contribution >= 0.6 is 0 Å². The molecule has 0 radical (unpaired) electrons. The second-order valence-electron chi connectivity index (χ2n) is 7.98. The smallest absolute Gasteiger partial charge is 0.410 e. The highest BCUT2D eigenvalue weighted by Gasteiger charge is 2.27. The Morgan fingerprint density at radius 1 is 1.03 bits per heavy atom. The molecule has 1 aromatic heterocycles. The molecule has 3 rings (SSSR count). The van der Waals surface area contributed by atoms with Crippen molar-refractivity contribution in [3.8, 4) is 0 Å². The molecule has 162 valence electrons. The average Bonchev–Trinajstić information content (AvgIpc) is 2.74. The van der Waals surface area contributed by atoms with E-state index in [4.69, 9.17) is 9.47 Å². The Bertz CT molecular complexity index is 658. The Morgan fingerprint density at radius 2 is 1.59 bits per heavy atom. The molecule has 2 aliphatic rings. The lowest BCUT2D eigenvalue weighted by molar-refractivity contribution is 0.0240. The van der Waals surface area contributed by atoms with E-state index < -0.39 is 5.60 Å². The standard InChI is InChI=1S/C19H28N4O4.C2H6/c1-19(2,3)27-18(25)23-8-6-22(7-9-23)17-20-12-15(13-21-17)16(24)14-4-10-26-11-5-14;1-2/h12-14H,4-11H2,1-3H3;1-2H3. The molecule has 0 aromatic carbocycles. The Labute approximate surface area is 173 Å². The first-order valence-electron chi connectivity index (χ1n) is 10.5. The van der Waals surface area contributed by atoms with Crippen LogP contribution in [-0.2, 0) is 9.47 Å². The Kier molecular flexibility index (Phi) is 8.37. The highest BCUT2D eigenvalue weighted by Crippen LogP contribution is 2.20. The van der Waals surface area contributed by atoms with Gasteiger partial charge in [-0.25, -0.2) is 14.8 Å². The molecule has 2 saturated heterocycles. The van der Waals surface area contributed by atoms with Gasteiger partial charge in [-0.2, -0.15) is 0 Å². The SMILES string of the molecule is CC.CC(C)(C)OC(=O)N1CCN(c2ncc(C(=O)C3CCOCC3)cn2)CC1. The number of ether oxygens (including phenoxy) is 2. The van der Waals surface area contributed by atoms with Gasteiger partial charge in [0.15, 0.2) is 5.78 Å². The molecular weight excluding hydrogens is 372 g/mol. The molecule has 29 heavy (non-hydrogen) atoms. The third kappa shape index (κ3) is 6.66. The van der Waals surface area contributed by atoms with Crippen LogP contribution < -0.4 is 4.90 Å². The number of aromatic nitrogens is 2. The first-order valence-corrected chi connectivity index (χ1v) is 10.5. The highest BCUT2D eigenvalue weighted by atomic mass is 16.6. The maximum Gasteiger partial charge on any atom is 0.410 e. The van der Waals surface area contributed by atoms with Crippen LogP contribution in [-0.4, -0.2) is 71.7 Å². The zero-order valence-electron chi connectivity index (χ0n) is 18.3. The molecular formula is C21H34N4O4. The maximum absolute atomic E-state index is 12.5. The molecule has 8 nitrogen and oxygen atoms in total. The highest BCUT2D eigenvalue weighted by molar-refractivity contribution is 5.97. The van der Waals surface area contributed by atoms with E-state index in [1.807, 2.05) is 39.5 Å². The van der Waals surface area contributed by atoms with Crippen LogP contribution in [0.4, 0.5) is 10.7 Å². The predicted molar refractivity (Wildman–Crippen MR) is 111 cm³/mol. The van der Waals surface area contributed by atoms with Crippen LogP contribution in [0.25, 0.3) is 0 Å². The van der Waals surface area contributed by atoms with Crippen molar-refractivity contribution in [3.05, 3.63) is 18.0 Å². The van der Waals surface area contributed by atoms with Crippen LogP contribution in [0, 0.1) is 5.92 Å². The van der Waals surface area contributed by atoms with Gasteiger partial charge in [-0.3, -0.25) is 4.79 Å². The van der Waals surface area contributed by atoms with Gasteiger partial charge in [-0.05, 0) is 33.6 Å². The van der Waals surface area contributed by atoms with Crippen molar-refractivity contribution in [2.75, 3.05) is 44.3 Å². The molecule has 1 aromatic rings. The van der Waals surface area contributed by atoms with Gasteiger partial charge >= 0.3 is 6.09 Å². The third-order valence-electron chi connectivity index (χ3n) is 4.73. The molecule has 1 amide bonds. The number of hydrogen-bond acceptors (Lipinski definition) is 7. The summed E-state index contributed by atoms with van der Waals surface area (Å²) >= 11 is 0. The predicted octanol–water partition coefficient (Wildman–Crippen LogP) is 3.17. The van der Waals surface area contributed by atoms with Crippen LogP contribution in [0.5, 0.6) is 0 Å². The first-order chi connectivity index (χ1) is 13.8. The van der Waals surface area contributed by atoms with Crippen LogP contribution in [0.2, 0.25) is 0 Å². The van der Waals surface area contributed by atoms with E-state index in [-0.39, 0.29) is 17.8 Å². The Hall–Kier alpha value is -2.22. The van der Waals surface area contributed by atoms with Crippen molar-refractivity contribution in [2.24, 2.45) is 5.92 Å². The molecule has 0 N–H and O–H groups in total. The van der Waals surface area contributed by atoms with Crippen LogP contribution in [0.15, 0.2) is 12.4 Å². The lowest BCUT2D eigenvalue weighted by Gasteiger charge is -2.35. The summed E-state index contributed by atoms with van der Waals surface area (Å²) in [6.07, 6.45) is 4.45. The van der Waals surface area contributed by atoms with E-state index in [0.29, 0.717) is 50.9 Å².